The summed E-state index contributed by atoms with van der Waals surface area (Å²) in [5.41, 5.74) is 3.18. The molecule has 0 radical (unpaired) electrons. The van der Waals surface area contributed by atoms with E-state index in [1.165, 1.54) is 5.56 Å². The van der Waals surface area contributed by atoms with Crippen LogP contribution in [0.2, 0.25) is 0 Å². The quantitative estimate of drug-likeness (QED) is 0.398. The van der Waals surface area contributed by atoms with Crippen LogP contribution in [0.1, 0.15) is 39.1 Å². The highest BCUT2D eigenvalue weighted by atomic mass is 79.9. The van der Waals surface area contributed by atoms with Gasteiger partial charge >= 0.3 is 0 Å². The zero-order valence-electron chi connectivity index (χ0n) is 14.8. The Kier molecular flexibility index (Phi) is 4.38. The smallest absolute Gasteiger partial charge is 0.201 e. The van der Waals surface area contributed by atoms with Gasteiger partial charge in [-0.1, -0.05) is 101 Å². The Morgan fingerprint density at radius 1 is 0.750 bits per heavy atom. The normalized spacial score (nSPS) is 26.1. The second-order valence-electron chi connectivity index (χ2n) is 7.08. The second-order valence-corrected chi connectivity index (χ2v) is 8.66. The average Bonchev–Trinajstić information content (AvgIpc) is 2.73. The molecule has 1 spiro atoms. The number of hydrogen-bond acceptors (Lipinski definition) is 2. The molecule has 1 fully saturated rings. The van der Waals surface area contributed by atoms with Crippen LogP contribution in [0, 0.1) is 0 Å². The van der Waals surface area contributed by atoms with Crippen molar-refractivity contribution < 1.29 is 9.53 Å². The molecule has 28 heavy (non-hydrogen) atoms. The summed E-state index contributed by atoms with van der Waals surface area (Å²) in [6.07, 6.45) is -0.0993. The SMILES string of the molecule is O=C1C(Br)=C(Br)[C@]2(O[C@H](c3ccccc3)[C@H]2c2ccccc2)c2ccccc21. The Morgan fingerprint density at radius 2 is 1.32 bits per heavy atom. The first-order chi connectivity index (χ1) is 13.6. The zero-order valence-corrected chi connectivity index (χ0v) is 18.0. The van der Waals surface area contributed by atoms with Gasteiger partial charge in [0.25, 0.3) is 0 Å². The molecule has 0 saturated carbocycles. The number of ketones is 1. The van der Waals surface area contributed by atoms with Crippen molar-refractivity contribution in [3.63, 3.8) is 0 Å². The van der Waals surface area contributed by atoms with Crippen molar-refractivity contribution in [2.75, 3.05) is 0 Å². The zero-order chi connectivity index (χ0) is 19.3. The van der Waals surface area contributed by atoms with Gasteiger partial charge in [-0.15, -0.1) is 0 Å². The van der Waals surface area contributed by atoms with Crippen molar-refractivity contribution in [3.8, 4) is 0 Å². The van der Waals surface area contributed by atoms with E-state index in [0.717, 1.165) is 15.6 Å². The molecule has 3 atom stereocenters. The molecule has 2 aliphatic rings. The lowest BCUT2D eigenvalue weighted by Crippen LogP contribution is -2.53. The largest absolute Gasteiger partial charge is 0.355 e. The molecule has 0 aromatic heterocycles. The van der Waals surface area contributed by atoms with E-state index in [1.807, 2.05) is 48.5 Å². The Bertz CT molecular complexity index is 1090. The van der Waals surface area contributed by atoms with Crippen LogP contribution in [0.3, 0.4) is 0 Å². The molecular formula is C24H16Br2O2. The van der Waals surface area contributed by atoms with Crippen LogP contribution in [0.25, 0.3) is 0 Å². The minimum Gasteiger partial charge on any atom is -0.355 e. The lowest BCUT2D eigenvalue weighted by molar-refractivity contribution is -0.214. The van der Waals surface area contributed by atoms with Crippen molar-refractivity contribution in [1.82, 2.24) is 0 Å². The number of allylic oxidation sites excluding steroid dienone is 1. The lowest BCUT2D eigenvalue weighted by atomic mass is 9.64. The number of fused-ring (bicyclic) bond motifs is 2. The topological polar surface area (TPSA) is 26.3 Å². The maximum absolute atomic E-state index is 12.9. The van der Waals surface area contributed by atoms with Gasteiger partial charge in [0.05, 0.1) is 21.0 Å². The van der Waals surface area contributed by atoms with E-state index in [4.69, 9.17) is 4.74 Å². The minimum atomic E-state index is -0.731. The molecular weight excluding hydrogens is 480 g/mol. The van der Waals surface area contributed by atoms with Crippen LogP contribution in [0.5, 0.6) is 0 Å². The predicted octanol–water partition coefficient (Wildman–Crippen LogP) is 6.63. The van der Waals surface area contributed by atoms with Gasteiger partial charge in [0.1, 0.15) is 5.60 Å². The van der Waals surface area contributed by atoms with E-state index in [2.05, 4.69) is 68.3 Å². The molecule has 1 aliphatic heterocycles. The van der Waals surface area contributed by atoms with Gasteiger partial charge in [0.15, 0.2) is 0 Å². The maximum Gasteiger partial charge on any atom is 0.201 e. The molecule has 0 amide bonds. The van der Waals surface area contributed by atoms with Crippen LogP contribution >= 0.6 is 31.9 Å². The summed E-state index contributed by atoms with van der Waals surface area (Å²) < 4.78 is 7.97. The number of benzene rings is 3. The minimum absolute atomic E-state index is 0.0216. The molecule has 3 aromatic rings. The number of carbonyl (C=O) groups excluding carboxylic acids is 1. The predicted molar refractivity (Wildman–Crippen MR) is 117 cm³/mol. The fourth-order valence-electron chi connectivity index (χ4n) is 4.38. The Morgan fingerprint density at radius 3 is 2.00 bits per heavy atom. The van der Waals surface area contributed by atoms with Crippen molar-refractivity contribution in [2.24, 2.45) is 0 Å². The van der Waals surface area contributed by atoms with E-state index < -0.39 is 5.60 Å². The first kappa shape index (κ1) is 18.0. The molecule has 138 valence electrons. The molecule has 4 heteroatoms. The van der Waals surface area contributed by atoms with Crippen LogP contribution in [-0.2, 0) is 10.3 Å². The van der Waals surface area contributed by atoms with Gasteiger partial charge < -0.3 is 4.74 Å². The summed E-state index contributed by atoms with van der Waals surface area (Å²) in [6, 6.07) is 28.4. The van der Waals surface area contributed by atoms with Gasteiger partial charge in [-0.3, -0.25) is 4.79 Å². The highest BCUT2D eigenvalue weighted by Gasteiger charge is 2.62. The fraction of sp³-hybridized carbons (Fsp3) is 0.125. The van der Waals surface area contributed by atoms with Crippen LogP contribution in [0.4, 0.5) is 0 Å². The van der Waals surface area contributed by atoms with Crippen molar-refractivity contribution in [3.05, 3.63) is 116 Å². The number of rotatable bonds is 2. The summed E-state index contributed by atoms with van der Waals surface area (Å²) in [4.78, 5) is 12.9. The standard InChI is InChI=1S/C24H16Br2O2/c25-20-21(27)17-13-7-8-14-18(17)24(23(20)26)19(15-9-3-1-4-10-15)22(28-24)16-11-5-2-6-12-16/h1-14,19,22H/t19-,22-,24+/m1/s1. The molecule has 2 nitrogen and oxygen atoms in total. The van der Waals surface area contributed by atoms with Gasteiger partial charge in [0.2, 0.25) is 5.78 Å². The molecule has 5 rings (SSSR count). The summed E-state index contributed by atoms with van der Waals surface area (Å²) in [7, 11) is 0. The third kappa shape index (κ3) is 2.45. The highest BCUT2D eigenvalue weighted by Crippen LogP contribution is 2.66. The van der Waals surface area contributed by atoms with Crippen molar-refractivity contribution in [1.29, 1.82) is 0 Å². The molecule has 3 aromatic carbocycles. The van der Waals surface area contributed by atoms with E-state index in [-0.39, 0.29) is 17.8 Å². The Balaban J connectivity index is 1.75. The highest BCUT2D eigenvalue weighted by molar-refractivity contribution is 9.14. The average molecular weight is 496 g/mol. The summed E-state index contributed by atoms with van der Waals surface area (Å²) >= 11 is 7.24. The van der Waals surface area contributed by atoms with E-state index >= 15 is 0 Å². The molecule has 1 saturated heterocycles. The number of Topliss-reactive ketones (excluding diaryl/α,β-unsaturated/α-hetero) is 1. The van der Waals surface area contributed by atoms with Crippen LogP contribution in [-0.4, -0.2) is 5.78 Å². The number of halogens is 2. The van der Waals surface area contributed by atoms with Gasteiger partial charge in [-0.05, 0) is 27.1 Å². The van der Waals surface area contributed by atoms with E-state index in [1.54, 1.807) is 0 Å². The molecule has 1 heterocycles. The summed E-state index contributed by atoms with van der Waals surface area (Å²) in [5, 5.41) is 0. The summed E-state index contributed by atoms with van der Waals surface area (Å²) in [5.74, 6) is 0.0129. The van der Waals surface area contributed by atoms with E-state index in [0.29, 0.717) is 10.0 Å². The maximum atomic E-state index is 12.9. The number of ether oxygens (including phenoxy) is 1. The van der Waals surface area contributed by atoms with Crippen molar-refractivity contribution in [2.45, 2.75) is 17.6 Å². The first-order valence-corrected chi connectivity index (χ1v) is 10.7. The third-order valence-electron chi connectivity index (χ3n) is 5.63. The molecule has 1 aliphatic carbocycles. The fourth-order valence-corrected chi connectivity index (χ4v) is 5.62. The Hall–Kier alpha value is -2.01. The third-order valence-corrected chi connectivity index (χ3v) is 7.90. The van der Waals surface area contributed by atoms with Gasteiger partial charge in [-0.25, -0.2) is 0 Å². The molecule has 0 bridgehead atoms. The monoisotopic (exact) mass is 494 g/mol. The molecule has 0 N–H and O–H groups in total. The van der Waals surface area contributed by atoms with Gasteiger partial charge in [-0.2, -0.15) is 0 Å². The summed E-state index contributed by atoms with van der Waals surface area (Å²) in [6.45, 7) is 0. The van der Waals surface area contributed by atoms with Crippen LogP contribution in [0.15, 0.2) is 93.9 Å². The van der Waals surface area contributed by atoms with E-state index in [9.17, 15) is 4.79 Å². The molecule has 0 unspecified atom stereocenters. The Labute approximate surface area is 180 Å². The second kappa shape index (κ2) is 6.80. The van der Waals surface area contributed by atoms with Crippen LogP contribution < -0.4 is 0 Å². The van der Waals surface area contributed by atoms with Gasteiger partial charge in [0, 0.05) is 11.1 Å². The number of hydrogen-bond donors (Lipinski definition) is 0. The van der Waals surface area contributed by atoms with Crippen molar-refractivity contribution >= 4 is 37.6 Å². The number of carbonyl (C=O) groups is 1. The lowest BCUT2D eigenvalue weighted by Gasteiger charge is -2.57. The first-order valence-electron chi connectivity index (χ1n) is 9.12.